The van der Waals surface area contributed by atoms with Gasteiger partial charge in [-0.1, -0.05) is 18.6 Å². The Morgan fingerprint density at radius 1 is 1.37 bits per heavy atom. The molecule has 3 rings (SSSR count). The Morgan fingerprint density at radius 2 is 2.07 bits per heavy atom. The molecular weight excluding hydrogens is 362 g/mol. The molecule has 1 unspecified atom stereocenters. The number of thiophene rings is 1. The average molecular weight is 385 g/mol. The topological polar surface area (TPSA) is 87.2 Å². The summed E-state index contributed by atoms with van der Waals surface area (Å²) in [5.74, 6) is 0.689. The second kappa shape index (κ2) is 7.15. The number of carbonyl (C=O) groups excluding carboxylic acids is 1. The number of aromatic nitrogens is 2. The van der Waals surface area contributed by atoms with Crippen molar-refractivity contribution in [3.63, 3.8) is 0 Å². The van der Waals surface area contributed by atoms with Crippen LogP contribution in [0.5, 0.6) is 5.75 Å². The van der Waals surface area contributed by atoms with E-state index in [9.17, 15) is 9.59 Å². The number of carbonyl (C=O) groups is 1. The van der Waals surface area contributed by atoms with E-state index < -0.39 is 11.9 Å². The normalized spacial score (nSPS) is 12.3. The van der Waals surface area contributed by atoms with Crippen molar-refractivity contribution in [1.29, 1.82) is 0 Å². The van der Waals surface area contributed by atoms with Crippen LogP contribution in [0, 0.1) is 13.8 Å². The highest BCUT2D eigenvalue weighted by molar-refractivity contribution is 7.19. The van der Waals surface area contributed by atoms with Gasteiger partial charge in [-0.3, -0.25) is 14.2 Å². The van der Waals surface area contributed by atoms with Crippen molar-refractivity contribution >= 4 is 27.5 Å². The van der Waals surface area contributed by atoms with Gasteiger partial charge in [-0.25, -0.2) is 4.98 Å². The van der Waals surface area contributed by atoms with Crippen molar-refractivity contribution in [2.75, 3.05) is 7.11 Å². The summed E-state index contributed by atoms with van der Waals surface area (Å²) in [4.78, 5) is 31.5. The zero-order valence-corrected chi connectivity index (χ0v) is 16.9. The van der Waals surface area contributed by atoms with Gasteiger partial charge in [0.2, 0.25) is 5.91 Å². The predicted octanol–water partition coefficient (Wildman–Crippen LogP) is 3.36. The first kappa shape index (κ1) is 19.1. The number of hydrogen-bond donors (Lipinski definition) is 1. The SMILES string of the molecule is CCc1nc2sc(C)c(-c3cc(C)ccc3OC)c2c(=O)n1C(C)C(N)=O. The summed E-state index contributed by atoms with van der Waals surface area (Å²) in [5.41, 5.74) is 7.96. The fraction of sp³-hybridized carbons (Fsp3) is 0.350. The fourth-order valence-electron chi connectivity index (χ4n) is 3.33. The maximum atomic E-state index is 13.4. The van der Waals surface area contributed by atoms with E-state index in [-0.39, 0.29) is 5.56 Å². The van der Waals surface area contributed by atoms with E-state index in [1.54, 1.807) is 14.0 Å². The van der Waals surface area contributed by atoms with Gasteiger partial charge in [0.15, 0.2) is 0 Å². The number of hydrogen-bond acceptors (Lipinski definition) is 5. The second-order valence-electron chi connectivity index (χ2n) is 6.55. The quantitative estimate of drug-likeness (QED) is 0.729. The Labute approximate surface area is 161 Å². The molecule has 0 radical (unpaired) electrons. The maximum Gasteiger partial charge on any atom is 0.263 e. The van der Waals surface area contributed by atoms with E-state index in [4.69, 9.17) is 10.5 Å². The van der Waals surface area contributed by atoms with Gasteiger partial charge in [-0.2, -0.15) is 0 Å². The summed E-state index contributed by atoms with van der Waals surface area (Å²) >= 11 is 1.47. The van der Waals surface area contributed by atoms with Crippen LogP contribution < -0.4 is 16.0 Å². The minimum Gasteiger partial charge on any atom is -0.496 e. The Bertz CT molecular complexity index is 1100. The van der Waals surface area contributed by atoms with Crippen LogP contribution in [0.3, 0.4) is 0 Å². The van der Waals surface area contributed by atoms with Crippen LogP contribution >= 0.6 is 11.3 Å². The molecule has 0 saturated carbocycles. The molecule has 3 aromatic rings. The molecule has 1 atom stereocenters. The lowest BCUT2D eigenvalue weighted by molar-refractivity contribution is -0.120. The summed E-state index contributed by atoms with van der Waals surface area (Å²) in [6.07, 6.45) is 0.531. The zero-order chi connectivity index (χ0) is 19.9. The Morgan fingerprint density at radius 3 is 2.67 bits per heavy atom. The molecule has 2 N–H and O–H groups in total. The van der Waals surface area contributed by atoms with Crippen LogP contribution in [-0.4, -0.2) is 22.6 Å². The number of benzene rings is 1. The van der Waals surface area contributed by atoms with Crippen molar-refractivity contribution < 1.29 is 9.53 Å². The monoisotopic (exact) mass is 385 g/mol. The number of primary amides is 1. The molecule has 0 spiro atoms. The van der Waals surface area contributed by atoms with Crippen LogP contribution in [0.4, 0.5) is 0 Å². The molecule has 1 amide bonds. The first-order valence-electron chi connectivity index (χ1n) is 8.78. The molecule has 0 aliphatic heterocycles. The van der Waals surface area contributed by atoms with Gasteiger partial charge in [-0.05, 0) is 32.9 Å². The van der Waals surface area contributed by atoms with Gasteiger partial charge < -0.3 is 10.5 Å². The number of rotatable bonds is 5. The molecule has 142 valence electrons. The standard InChI is InChI=1S/C20H23N3O3S/c1-6-15-22-19-17(20(25)23(15)11(3)18(21)24)16(12(4)27-19)13-9-10(2)7-8-14(13)26-5/h7-9,11H,6H2,1-5H3,(H2,21,24). The zero-order valence-electron chi connectivity index (χ0n) is 16.1. The first-order valence-corrected chi connectivity index (χ1v) is 9.60. The van der Waals surface area contributed by atoms with Crippen LogP contribution in [0.15, 0.2) is 23.0 Å². The summed E-state index contributed by atoms with van der Waals surface area (Å²) in [6.45, 7) is 7.50. The van der Waals surface area contributed by atoms with Crippen molar-refractivity contribution in [2.24, 2.45) is 5.73 Å². The van der Waals surface area contributed by atoms with E-state index in [0.717, 1.165) is 21.6 Å². The van der Waals surface area contributed by atoms with Crippen molar-refractivity contribution in [3.8, 4) is 16.9 Å². The third-order valence-electron chi connectivity index (χ3n) is 4.75. The van der Waals surface area contributed by atoms with Gasteiger partial charge in [-0.15, -0.1) is 11.3 Å². The number of fused-ring (bicyclic) bond motifs is 1. The molecular formula is C20H23N3O3S. The molecule has 1 aromatic carbocycles. The summed E-state index contributed by atoms with van der Waals surface area (Å²) in [7, 11) is 1.61. The van der Waals surface area contributed by atoms with Crippen LogP contribution in [-0.2, 0) is 11.2 Å². The maximum absolute atomic E-state index is 13.4. The second-order valence-corrected chi connectivity index (χ2v) is 7.76. The van der Waals surface area contributed by atoms with Crippen LogP contribution in [0.2, 0.25) is 0 Å². The van der Waals surface area contributed by atoms with Crippen LogP contribution in [0.25, 0.3) is 21.3 Å². The third kappa shape index (κ3) is 3.12. The summed E-state index contributed by atoms with van der Waals surface area (Å²) in [6, 6.07) is 5.10. The highest BCUT2D eigenvalue weighted by Gasteiger charge is 2.24. The van der Waals surface area contributed by atoms with E-state index in [0.29, 0.717) is 28.2 Å². The molecule has 27 heavy (non-hydrogen) atoms. The summed E-state index contributed by atoms with van der Waals surface area (Å²) in [5, 5.41) is 0.506. The molecule has 0 fully saturated rings. The predicted molar refractivity (Wildman–Crippen MR) is 109 cm³/mol. The lowest BCUT2D eigenvalue weighted by Gasteiger charge is -2.16. The number of methoxy groups -OCH3 is 1. The van der Waals surface area contributed by atoms with E-state index in [1.807, 2.05) is 39.0 Å². The van der Waals surface area contributed by atoms with Crippen molar-refractivity contribution in [1.82, 2.24) is 9.55 Å². The van der Waals surface area contributed by atoms with Gasteiger partial charge in [0, 0.05) is 22.4 Å². The number of aryl methyl sites for hydroxylation is 3. The molecule has 0 saturated heterocycles. The van der Waals surface area contributed by atoms with Gasteiger partial charge in [0.1, 0.15) is 22.4 Å². The summed E-state index contributed by atoms with van der Waals surface area (Å²) < 4.78 is 6.95. The first-order chi connectivity index (χ1) is 12.8. The highest BCUT2D eigenvalue weighted by atomic mass is 32.1. The molecule has 0 aliphatic rings. The van der Waals surface area contributed by atoms with Gasteiger partial charge in [0.05, 0.1) is 12.5 Å². The van der Waals surface area contributed by atoms with Crippen LogP contribution in [0.1, 0.15) is 36.2 Å². The molecule has 0 bridgehead atoms. The minimum atomic E-state index is -0.767. The fourth-order valence-corrected chi connectivity index (χ4v) is 4.38. The van der Waals surface area contributed by atoms with Crippen molar-refractivity contribution in [3.05, 3.63) is 44.8 Å². The molecule has 7 heteroatoms. The van der Waals surface area contributed by atoms with Crippen molar-refractivity contribution in [2.45, 2.75) is 40.2 Å². The van der Waals surface area contributed by atoms with Gasteiger partial charge in [0.25, 0.3) is 5.56 Å². The molecule has 0 aliphatic carbocycles. The van der Waals surface area contributed by atoms with E-state index in [1.165, 1.54) is 15.9 Å². The minimum absolute atomic E-state index is 0.244. The average Bonchev–Trinajstić information content (AvgIpc) is 2.96. The number of nitrogens with two attached hydrogens (primary N) is 1. The van der Waals surface area contributed by atoms with E-state index in [2.05, 4.69) is 4.98 Å². The van der Waals surface area contributed by atoms with Gasteiger partial charge >= 0.3 is 0 Å². The lowest BCUT2D eigenvalue weighted by Crippen LogP contribution is -2.34. The Balaban J connectivity index is 2.45. The van der Waals surface area contributed by atoms with E-state index >= 15 is 0 Å². The Hall–Kier alpha value is -2.67. The molecule has 2 heterocycles. The molecule has 2 aromatic heterocycles. The number of amides is 1. The third-order valence-corrected chi connectivity index (χ3v) is 5.75. The highest BCUT2D eigenvalue weighted by Crippen LogP contribution is 2.40. The Kier molecular flexibility index (Phi) is 5.06. The number of nitrogens with zero attached hydrogens (tertiary/aromatic N) is 2. The molecule has 6 nitrogen and oxygen atoms in total. The lowest BCUT2D eigenvalue weighted by atomic mass is 10.0. The smallest absolute Gasteiger partial charge is 0.263 e. The largest absolute Gasteiger partial charge is 0.496 e. The number of ether oxygens (including phenoxy) is 1.